The number of ether oxygens (including phenoxy) is 1. The van der Waals surface area contributed by atoms with Crippen LogP contribution in [0.4, 0.5) is 0 Å². The quantitative estimate of drug-likeness (QED) is 0.520. The Balaban J connectivity index is 1.44. The fourth-order valence-electron chi connectivity index (χ4n) is 2.79. The van der Waals surface area contributed by atoms with Gasteiger partial charge in [-0.15, -0.1) is 5.10 Å². The average molecular weight is 370 g/mol. The predicted molar refractivity (Wildman–Crippen MR) is 97.2 cm³/mol. The first-order valence-corrected chi connectivity index (χ1v) is 9.43. The third-order valence-electron chi connectivity index (χ3n) is 4.10. The van der Waals surface area contributed by atoms with Crippen LogP contribution in [0.3, 0.4) is 0 Å². The van der Waals surface area contributed by atoms with Crippen molar-refractivity contribution in [1.29, 1.82) is 0 Å². The molecule has 0 aliphatic carbocycles. The maximum atomic E-state index is 12.1. The molecule has 1 amide bonds. The lowest BCUT2D eigenvalue weighted by molar-refractivity contribution is -0.119. The first-order chi connectivity index (χ1) is 12.8. The predicted octanol–water partition coefficient (Wildman–Crippen LogP) is 1.60. The number of nitrogens with one attached hydrogen (secondary N) is 1. The monoisotopic (exact) mass is 370 g/mol. The molecule has 3 aromatic rings. The summed E-state index contributed by atoms with van der Waals surface area (Å²) in [5.41, 5.74) is 2.08. The summed E-state index contributed by atoms with van der Waals surface area (Å²) in [5, 5.41) is 11.9. The summed E-state index contributed by atoms with van der Waals surface area (Å²) in [5.74, 6) is 0.213. The van der Waals surface area contributed by atoms with Crippen molar-refractivity contribution in [3.63, 3.8) is 0 Å². The molecule has 134 valence electrons. The number of carbonyl (C=O) groups is 1. The Bertz CT molecular complexity index is 895. The fourth-order valence-corrected chi connectivity index (χ4v) is 3.56. The lowest BCUT2D eigenvalue weighted by Gasteiger charge is -2.10. The molecule has 9 heteroatoms. The van der Waals surface area contributed by atoms with Crippen LogP contribution in [0.25, 0.3) is 16.9 Å². The van der Waals surface area contributed by atoms with E-state index < -0.39 is 0 Å². The lowest BCUT2D eigenvalue weighted by Crippen LogP contribution is -2.32. The zero-order valence-electron chi connectivity index (χ0n) is 14.0. The van der Waals surface area contributed by atoms with Crippen molar-refractivity contribution < 1.29 is 9.53 Å². The second-order valence-electron chi connectivity index (χ2n) is 5.92. The minimum atomic E-state index is -0.0484. The van der Waals surface area contributed by atoms with E-state index >= 15 is 0 Å². The number of amides is 1. The van der Waals surface area contributed by atoms with Crippen molar-refractivity contribution in [3.8, 4) is 5.69 Å². The largest absolute Gasteiger partial charge is 0.376 e. The molecular formula is C17H18N6O2S. The van der Waals surface area contributed by atoms with Gasteiger partial charge in [-0.1, -0.05) is 35.2 Å². The number of nitrogens with zero attached hydrogens (tertiary/aromatic N) is 5. The van der Waals surface area contributed by atoms with E-state index in [1.807, 2.05) is 30.3 Å². The van der Waals surface area contributed by atoms with Gasteiger partial charge in [-0.2, -0.15) is 4.68 Å². The highest BCUT2D eigenvalue weighted by Crippen LogP contribution is 2.23. The molecule has 1 aliphatic heterocycles. The normalized spacial score (nSPS) is 16.8. The lowest BCUT2D eigenvalue weighted by atomic mass is 10.2. The Morgan fingerprint density at radius 2 is 2.19 bits per heavy atom. The van der Waals surface area contributed by atoms with E-state index in [0.717, 1.165) is 25.1 Å². The Morgan fingerprint density at radius 3 is 3.00 bits per heavy atom. The van der Waals surface area contributed by atoms with Gasteiger partial charge in [0.05, 0.1) is 17.5 Å². The van der Waals surface area contributed by atoms with Gasteiger partial charge < -0.3 is 10.1 Å². The summed E-state index contributed by atoms with van der Waals surface area (Å²) in [7, 11) is 0. The van der Waals surface area contributed by atoms with Gasteiger partial charge in [-0.25, -0.2) is 9.97 Å². The van der Waals surface area contributed by atoms with Crippen LogP contribution in [-0.4, -0.2) is 55.9 Å². The molecule has 0 bridgehead atoms. The van der Waals surface area contributed by atoms with E-state index in [1.54, 1.807) is 4.68 Å². The van der Waals surface area contributed by atoms with Crippen molar-refractivity contribution in [2.24, 2.45) is 0 Å². The number of carbonyl (C=O) groups excluding carboxylic acids is 1. The molecule has 1 aromatic carbocycles. The smallest absolute Gasteiger partial charge is 0.230 e. The van der Waals surface area contributed by atoms with Gasteiger partial charge in [-0.3, -0.25) is 4.79 Å². The van der Waals surface area contributed by atoms with Crippen molar-refractivity contribution in [2.75, 3.05) is 18.9 Å². The van der Waals surface area contributed by atoms with Crippen molar-refractivity contribution >= 4 is 28.8 Å². The van der Waals surface area contributed by atoms with Gasteiger partial charge >= 0.3 is 0 Å². The van der Waals surface area contributed by atoms with Crippen LogP contribution in [0, 0.1) is 0 Å². The number of fused-ring (bicyclic) bond motifs is 1. The first kappa shape index (κ1) is 16.9. The molecule has 0 spiro atoms. The van der Waals surface area contributed by atoms with Gasteiger partial charge in [0.25, 0.3) is 0 Å². The van der Waals surface area contributed by atoms with E-state index in [4.69, 9.17) is 4.74 Å². The summed E-state index contributed by atoms with van der Waals surface area (Å²) < 4.78 is 7.17. The van der Waals surface area contributed by atoms with Crippen LogP contribution in [0.5, 0.6) is 0 Å². The molecule has 0 saturated carbocycles. The molecule has 0 unspecified atom stereocenters. The highest BCUT2D eigenvalue weighted by Gasteiger charge is 2.17. The minimum Gasteiger partial charge on any atom is -0.376 e. The molecule has 1 aliphatic rings. The van der Waals surface area contributed by atoms with Gasteiger partial charge in [0.1, 0.15) is 11.4 Å². The van der Waals surface area contributed by atoms with Crippen LogP contribution < -0.4 is 5.32 Å². The second kappa shape index (κ2) is 7.79. The summed E-state index contributed by atoms with van der Waals surface area (Å²) in [6.45, 7) is 1.34. The molecule has 1 atom stereocenters. The van der Waals surface area contributed by atoms with Crippen LogP contribution in [0.2, 0.25) is 0 Å². The number of rotatable bonds is 6. The number of hydrogen-bond donors (Lipinski definition) is 1. The zero-order valence-corrected chi connectivity index (χ0v) is 14.9. The van der Waals surface area contributed by atoms with E-state index in [1.165, 1.54) is 18.1 Å². The highest BCUT2D eigenvalue weighted by atomic mass is 32.2. The summed E-state index contributed by atoms with van der Waals surface area (Å²) in [6, 6.07) is 9.66. The van der Waals surface area contributed by atoms with Crippen LogP contribution in [0.1, 0.15) is 12.8 Å². The van der Waals surface area contributed by atoms with Crippen molar-refractivity contribution in [1.82, 2.24) is 30.3 Å². The Labute approximate surface area is 154 Å². The Morgan fingerprint density at radius 1 is 1.31 bits per heavy atom. The molecule has 1 N–H and O–H groups in total. The molecule has 0 radical (unpaired) electrons. The van der Waals surface area contributed by atoms with Crippen molar-refractivity contribution in [3.05, 3.63) is 36.7 Å². The van der Waals surface area contributed by atoms with Crippen LogP contribution >= 0.6 is 11.8 Å². The van der Waals surface area contributed by atoms with Gasteiger partial charge in [0, 0.05) is 13.2 Å². The molecule has 3 heterocycles. The first-order valence-electron chi connectivity index (χ1n) is 8.44. The third kappa shape index (κ3) is 3.68. The molecule has 8 nitrogen and oxygen atoms in total. The number of hydrogen-bond acceptors (Lipinski definition) is 7. The van der Waals surface area contributed by atoms with Gasteiger partial charge in [0.15, 0.2) is 11.2 Å². The molecule has 26 heavy (non-hydrogen) atoms. The van der Waals surface area contributed by atoms with Crippen molar-refractivity contribution in [2.45, 2.75) is 24.0 Å². The molecular weight excluding hydrogens is 352 g/mol. The summed E-state index contributed by atoms with van der Waals surface area (Å²) in [4.78, 5) is 20.6. The third-order valence-corrected chi connectivity index (χ3v) is 5.07. The van der Waals surface area contributed by atoms with E-state index in [0.29, 0.717) is 22.7 Å². The van der Waals surface area contributed by atoms with E-state index in [2.05, 4.69) is 25.6 Å². The van der Waals surface area contributed by atoms with E-state index in [9.17, 15) is 4.79 Å². The molecule has 1 saturated heterocycles. The number of aromatic nitrogens is 5. The topological polar surface area (TPSA) is 94.8 Å². The zero-order chi connectivity index (χ0) is 17.8. The number of benzene rings is 1. The summed E-state index contributed by atoms with van der Waals surface area (Å²) in [6.07, 6.45) is 3.67. The minimum absolute atomic E-state index is 0.0484. The maximum absolute atomic E-state index is 12.1. The Hall–Kier alpha value is -2.52. The molecule has 4 rings (SSSR count). The second-order valence-corrected chi connectivity index (χ2v) is 6.88. The fraction of sp³-hybridized carbons (Fsp3) is 0.353. The maximum Gasteiger partial charge on any atom is 0.230 e. The van der Waals surface area contributed by atoms with Gasteiger partial charge in [-0.05, 0) is 25.0 Å². The molecule has 1 fully saturated rings. The standard InChI is InChI=1S/C17H18N6O2S/c24-14(18-9-13-7-4-8-25-13)10-26-17-15-16(19-11-20-17)23(22-21-15)12-5-2-1-3-6-12/h1-3,5-6,11,13H,4,7-10H2,(H,18,24)/t13-/m1/s1. The Kier molecular flexibility index (Phi) is 5.07. The van der Waals surface area contributed by atoms with Gasteiger partial charge in [0.2, 0.25) is 5.91 Å². The molecule has 2 aromatic heterocycles. The summed E-state index contributed by atoms with van der Waals surface area (Å²) >= 11 is 1.33. The van der Waals surface area contributed by atoms with Crippen LogP contribution in [0.15, 0.2) is 41.7 Å². The average Bonchev–Trinajstić information content (AvgIpc) is 3.35. The SMILES string of the molecule is O=C(CSc1ncnc2c1nnn2-c1ccccc1)NC[C@H]1CCCO1. The van der Waals surface area contributed by atoms with Crippen LogP contribution in [-0.2, 0) is 9.53 Å². The highest BCUT2D eigenvalue weighted by molar-refractivity contribution is 8.00. The number of para-hydroxylation sites is 1. The van der Waals surface area contributed by atoms with E-state index in [-0.39, 0.29) is 17.8 Å². The number of thioether (sulfide) groups is 1.